The molecule has 1 saturated carbocycles. The molecular weight excluding hydrogens is 294 g/mol. The summed E-state index contributed by atoms with van der Waals surface area (Å²) in [6.07, 6.45) is 8.21. The first-order chi connectivity index (χ1) is 11.2. The van der Waals surface area contributed by atoms with Gasteiger partial charge in [0.1, 0.15) is 11.4 Å². The van der Waals surface area contributed by atoms with Crippen LogP contribution < -0.4 is 26.4 Å². The lowest BCUT2D eigenvalue weighted by Crippen LogP contribution is -2.42. The molecule has 2 fully saturated rings. The Kier molecular flexibility index (Phi) is 4.98. The topological polar surface area (TPSA) is 78.5 Å². The maximum absolute atomic E-state index is 12.0. The fraction of sp³-hybridized carbons (Fsp3) is 0.706. The highest BCUT2D eigenvalue weighted by Gasteiger charge is 2.27. The second kappa shape index (κ2) is 7.15. The van der Waals surface area contributed by atoms with E-state index in [1.54, 1.807) is 0 Å². The minimum Gasteiger partial charge on any atom is -0.379 e. The van der Waals surface area contributed by atoms with Crippen molar-refractivity contribution >= 4 is 17.3 Å². The van der Waals surface area contributed by atoms with Crippen LogP contribution in [0.15, 0.2) is 9.59 Å². The number of amides is 1. The van der Waals surface area contributed by atoms with E-state index in [-0.39, 0.29) is 11.3 Å². The molecular formula is C17H25N3O3. The first kappa shape index (κ1) is 16.0. The Morgan fingerprint density at radius 3 is 2.39 bits per heavy atom. The number of hydrogen-bond donors (Lipinski definition) is 2. The van der Waals surface area contributed by atoms with Gasteiger partial charge in [-0.3, -0.25) is 14.4 Å². The number of carbonyl (C=O) groups excluding carboxylic acids is 1. The summed E-state index contributed by atoms with van der Waals surface area (Å²) < 4.78 is 0. The lowest BCUT2D eigenvalue weighted by Gasteiger charge is -2.24. The highest BCUT2D eigenvalue weighted by molar-refractivity contribution is 5.78. The molecule has 0 atom stereocenters. The third-order valence-corrected chi connectivity index (χ3v) is 4.93. The average molecular weight is 319 g/mol. The zero-order chi connectivity index (χ0) is 16.2. The summed E-state index contributed by atoms with van der Waals surface area (Å²) in [6, 6.07) is 0.308. The van der Waals surface area contributed by atoms with Gasteiger partial charge in [-0.2, -0.15) is 0 Å². The molecule has 6 nitrogen and oxygen atoms in total. The highest BCUT2D eigenvalue weighted by Crippen LogP contribution is 2.24. The molecule has 2 aliphatic rings. The molecule has 1 amide bonds. The predicted octanol–water partition coefficient (Wildman–Crippen LogP) is 1.13. The standard InChI is InChI=1S/C17H25N3O3/c21-13(19-12-6-2-1-3-7-12)8-9-18-14-15(17(23)16(14)22)20-10-4-5-11-20/h12,18H,1-11H2,(H,19,21). The Bertz CT molecular complexity index is 621. The van der Waals surface area contributed by atoms with Crippen molar-refractivity contribution in [2.24, 2.45) is 0 Å². The van der Waals surface area contributed by atoms with E-state index in [0.717, 1.165) is 38.8 Å². The smallest absolute Gasteiger partial charge is 0.253 e. The van der Waals surface area contributed by atoms with Crippen LogP contribution in [-0.4, -0.2) is 31.6 Å². The molecule has 2 N–H and O–H groups in total. The average Bonchev–Trinajstić information content (AvgIpc) is 3.08. The Morgan fingerprint density at radius 1 is 1.00 bits per heavy atom. The van der Waals surface area contributed by atoms with Gasteiger partial charge in [0.05, 0.1) is 0 Å². The Morgan fingerprint density at radius 2 is 1.70 bits per heavy atom. The van der Waals surface area contributed by atoms with Gasteiger partial charge in [-0.25, -0.2) is 0 Å². The lowest BCUT2D eigenvalue weighted by molar-refractivity contribution is -0.121. The van der Waals surface area contributed by atoms with Crippen LogP contribution in [0.25, 0.3) is 0 Å². The van der Waals surface area contributed by atoms with Crippen LogP contribution in [0.3, 0.4) is 0 Å². The number of hydrogen-bond acceptors (Lipinski definition) is 5. The van der Waals surface area contributed by atoms with Crippen molar-refractivity contribution in [2.45, 2.75) is 57.4 Å². The zero-order valence-corrected chi connectivity index (χ0v) is 13.5. The lowest BCUT2D eigenvalue weighted by atomic mass is 9.95. The Balaban J connectivity index is 1.47. The van der Waals surface area contributed by atoms with Crippen LogP contribution in [0, 0.1) is 0 Å². The second-order valence-electron chi connectivity index (χ2n) is 6.66. The van der Waals surface area contributed by atoms with Gasteiger partial charge < -0.3 is 15.5 Å². The SMILES string of the molecule is O=C(CCNc1c(N2CCCC2)c(=O)c1=O)NC1CCCCC1. The summed E-state index contributed by atoms with van der Waals surface area (Å²) in [6.45, 7) is 2.06. The summed E-state index contributed by atoms with van der Waals surface area (Å²) >= 11 is 0. The van der Waals surface area contributed by atoms with Crippen molar-refractivity contribution in [3.05, 3.63) is 20.4 Å². The summed E-state index contributed by atoms with van der Waals surface area (Å²) in [5.74, 6) is 0.0193. The summed E-state index contributed by atoms with van der Waals surface area (Å²) in [5, 5.41) is 6.06. The molecule has 23 heavy (non-hydrogen) atoms. The van der Waals surface area contributed by atoms with Crippen LogP contribution in [0.4, 0.5) is 11.4 Å². The van der Waals surface area contributed by atoms with Crippen molar-refractivity contribution in [2.75, 3.05) is 29.9 Å². The van der Waals surface area contributed by atoms with Crippen molar-refractivity contribution < 1.29 is 4.79 Å². The number of rotatable bonds is 6. The van der Waals surface area contributed by atoms with E-state index >= 15 is 0 Å². The molecule has 0 aromatic heterocycles. The fourth-order valence-corrected chi connectivity index (χ4v) is 3.63. The number of carbonyl (C=O) groups is 1. The van der Waals surface area contributed by atoms with Gasteiger partial charge in [-0.05, 0) is 25.7 Å². The van der Waals surface area contributed by atoms with E-state index in [1.807, 2.05) is 4.90 Å². The van der Waals surface area contributed by atoms with Gasteiger partial charge in [-0.15, -0.1) is 0 Å². The zero-order valence-electron chi connectivity index (χ0n) is 13.5. The van der Waals surface area contributed by atoms with Gasteiger partial charge in [0.15, 0.2) is 0 Å². The van der Waals surface area contributed by atoms with Gasteiger partial charge in [0.2, 0.25) is 5.91 Å². The first-order valence-electron chi connectivity index (χ1n) is 8.78. The van der Waals surface area contributed by atoms with E-state index in [1.165, 1.54) is 19.3 Å². The normalized spacial score (nSPS) is 19.2. The van der Waals surface area contributed by atoms with Crippen LogP contribution in [0.5, 0.6) is 0 Å². The molecule has 1 aliphatic heterocycles. The molecule has 0 bridgehead atoms. The van der Waals surface area contributed by atoms with E-state index in [4.69, 9.17) is 0 Å². The monoisotopic (exact) mass is 319 g/mol. The minimum atomic E-state index is -0.445. The van der Waals surface area contributed by atoms with E-state index in [2.05, 4.69) is 10.6 Å². The maximum Gasteiger partial charge on any atom is 0.253 e. The molecule has 1 saturated heterocycles. The quantitative estimate of drug-likeness (QED) is 0.769. The van der Waals surface area contributed by atoms with E-state index in [0.29, 0.717) is 30.4 Å². The molecule has 1 aromatic rings. The van der Waals surface area contributed by atoms with Crippen molar-refractivity contribution in [1.29, 1.82) is 0 Å². The van der Waals surface area contributed by atoms with E-state index in [9.17, 15) is 14.4 Å². The minimum absolute atomic E-state index is 0.0193. The predicted molar refractivity (Wildman–Crippen MR) is 90.9 cm³/mol. The fourth-order valence-electron chi connectivity index (χ4n) is 3.63. The molecule has 1 heterocycles. The molecule has 0 spiro atoms. The summed E-state index contributed by atoms with van der Waals surface area (Å²) in [7, 11) is 0. The molecule has 3 rings (SSSR count). The third-order valence-electron chi connectivity index (χ3n) is 4.93. The molecule has 6 heteroatoms. The Hall–Kier alpha value is -1.85. The first-order valence-corrected chi connectivity index (χ1v) is 8.78. The van der Waals surface area contributed by atoms with Crippen molar-refractivity contribution in [3.8, 4) is 0 Å². The van der Waals surface area contributed by atoms with Crippen LogP contribution in [0.2, 0.25) is 0 Å². The van der Waals surface area contributed by atoms with E-state index < -0.39 is 5.43 Å². The largest absolute Gasteiger partial charge is 0.379 e. The van der Waals surface area contributed by atoms with Gasteiger partial charge >= 0.3 is 0 Å². The molecule has 0 unspecified atom stereocenters. The van der Waals surface area contributed by atoms with Crippen LogP contribution >= 0.6 is 0 Å². The summed E-state index contributed by atoms with van der Waals surface area (Å²) in [5.41, 5.74) is 0.100. The summed E-state index contributed by atoms with van der Waals surface area (Å²) in [4.78, 5) is 37.4. The Labute approximate surface area is 135 Å². The molecule has 0 radical (unpaired) electrons. The third kappa shape index (κ3) is 3.57. The number of nitrogens with one attached hydrogen (secondary N) is 2. The van der Waals surface area contributed by atoms with Crippen molar-refractivity contribution in [1.82, 2.24) is 5.32 Å². The highest BCUT2D eigenvalue weighted by atomic mass is 16.2. The van der Waals surface area contributed by atoms with Crippen molar-refractivity contribution in [3.63, 3.8) is 0 Å². The van der Waals surface area contributed by atoms with Crippen LogP contribution in [-0.2, 0) is 4.79 Å². The van der Waals surface area contributed by atoms with Gasteiger partial charge in [0, 0.05) is 32.1 Å². The van der Waals surface area contributed by atoms with Gasteiger partial charge in [0.25, 0.3) is 10.9 Å². The van der Waals surface area contributed by atoms with Gasteiger partial charge in [-0.1, -0.05) is 19.3 Å². The number of anilines is 2. The second-order valence-corrected chi connectivity index (χ2v) is 6.66. The maximum atomic E-state index is 12.0. The molecule has 126 valence electrons. The number of nitrogens with zero attached hydrogens (tertiary/aromatic N) is 1. The van der Waals surface area contributed by atoms with Crippen LogP contribution in [0.1, 0.15) is 51.4 Å². The molecule has 1 aromatic carbocycles. The molecule has 1 aliphatic carbocycles.